The maximum Gasteiger partial charge on any atom is 0.322 e. The van der Waals surface area contributed by atoms with Gasteiger partial charge in [-0.15, -0.1) is 11.6 Å². The molecule has 0 aliphatic heterocycles. The van der Waals surface area contributed by atoms with Crippen LogP contribution in [0.15, 0.2) is 30.5 Å². The molecule has 5 heteroatoms. The number of para-hydroxylation sites is 1. The van der Waals surface area contributed by atoms with Crippen LogP contribution < -0.4 is 5.73 Å². The Morgan fingerprint density at radius 2 is 2.12 bits per heavy atom. The molecule has 1 aromatic heterocycles. The molecule has 0 fully saturated rings. The number of aromatic amines is 1. The largest absolute Gasteiger partial charge is 0.480 e. The number of nitrogens with one attached hydrogen (secondary N) is 1. The smallest absolute Gasteiger partial charge is 0.322 e. The van der Waals surface area contributed by atoms with Crippen molar-refractivity contribution in [2.24, 2.45) is 5.73 Å². The van der Waals surface area contributed by atoms with E-state index in [1.165, 1.54) is 0 Å². The Morgan fingerprint density at radius 1 is 1.44 bits per heavy atom. The predicted octanol–water partition coefficient (Wildman–Crippen LogP) is 1.86. The summed E-state index contributed by atoms with van der Waals surface area (Å²) in [6.07, 6.45) is 1.70. The SMILES string of the molecule is N[C@H](C(=O)O)C(Cl)c1c[nH]c2ccccc12. The fraction of sp³-hybridized carbons (Fsp3) is 0.182. The molecule has 2 aromatic rings. The van der Waals surface area contributed by atoms with Gasteiger partial charge < -0.3 is 15.8 Å². The van der Waals surface area contributed by atoms with E-state index in [4.69, 9.17) is 22.4 Å². The summed E-state index contributed by atoms with van der Waals surface area (Å²) in [5.41, 5.74) is 7.13. The molecular formula is C11H11ClN2O2. The van der Waals surface area contributed by atoms with Gasteiger partial charge in [0.05, 0.1) is 5.38 Å². The number of rotatable bonds is 3. The van der Waals surface area contributed by atoms with E-state index in [0.717, 1.165) is 10.9 Å². The standard InChI is InChI=1S/C11H11ClN2O2/c12-9(10(13)11(15)16)7-5-14-8-4-2-1-3-6(7)8/h1-5,9-10,14H,13H2,(H,15,16)/t9?,10-/m0/s1. The van der Waals surface area contributed by atoms with Crippen LogP contribution in [-0.2, 0) is 4.79 Å². The fourth-order valence-electron chi connectivity index (χ4n) is 1.64. The first kappa shape index (κ1) is 11.0. The summed E-state index contributed by atoms with van der Waals surface area (Å²) in [5.74, 6) is -1.11. The third-order valence-corrected chi connectivity index (χ3v) is 3.03. The average molecular weight is 239 g/mol. The lowest BCUT2D eigenvalue weighted by molar-refractivity contribution is -0.138. The molecule has 0 radical (unpaired) electrons. The van der Waals surface area contributed by atoms with Crippen LogP contribution in [0.25, 0.3) is 10.9 Å². The molecule has 0 saturated heterocycles. The average Bonchev–Trinajstić information content (AvgIpc) is 2.70. The van der Waals surface area contributed by atoms with Gasteiger partial charge in [0, 0.05) is 17.1 Å². The first-order chi connectivity index (χ1) is 7.61. The maximum atomic E-state index is 10.8. The Hall–Kier alpha value is -1.52. The summed E-state index contributed by atoms with van der Waals surface area (Å²) < 4.78 is 0. The molecule has 4 nitrogen and oxygen atoms in total. The van der Waals surface area contributed by atoms with E-state index in [1.54, 1.807) is 6.20 Å². The lowest BCUT2D eigenvalue weighted by Crippen LogP contribution is -2.34. The Morgan fingerprint density at radius 3 is 2.81 bits per heavy atom. The van der Waals surface area contributed by atoms with Crippen molar-refractivity contribution in [1.29, 1.82) is 0 Å². The number of benzene rings is 1. The lowest BCUT2D eigenvalue weighted by Gasteiger charge is -2.12. The third-order valence-electron chi connectivity index (χ3n) is 2.52. The minimum atomic E-state index is -1.11. The minimum Gasteiger partial charge on any atom is -0.480 e. The molecule has 0 spiro atoms. The van der Waals surface area contributed by atoms with Gasteiger partial charge in [-0.3, -0.25) is 4.79 Å². The molecule has 0 amide bonds. The van der Waals surface area contributed by atoms with Crippen molar-refractivity contribution in [3.05, 3.63) is 36.0 Å². The zero-order chi connectivity index (χ0) is 11.7. The minimum absolute atomic E-state index is 0.715. The van der Waals surface area contributed by atoms with Gasteiger partial charge >= 0.3 is 5.97 Å². The van der Waals surface area contributed by atoms with Crippen molar-refractivity contribution in [3.63, 3.8) is 0 Å². The number of alkyl halides is 1. The van der Waals surface area contributed by atoms with Crippen LogP contribution in [0, 0.1) is 0 Å². The van der Waals surface area contributed by atoms with Gasteiger partial charge in [-0.2, -0.15) is 0 Å². The molecule has 0 aliphatic carbocycles. The summed E-state index contributed by atoms with van der Waals surface area (Å²) in [6.45, 7) is 0. The number of carboxylic acid groups (broad SMARTS) is 1. The number of hydrogen-bond donors (Lipinski definition) is 3. The van der Waals surface area contributed by atoms with E-state index in [0.29, 0.717) is 5.56 Å². The summed E-state index contributed by atoms with van der Waals surface area (Å²) in [7, 11) is 0. The highest BCUT2D eigenvalue weighted by molar-refractivity contribution is 6.23. The second-order valence-corrected chi connectivity index (χ2v) is 4.03. The van der Waals surface area contributed by atoms with Crippen LogP contribution >= 0.6 is 11.6 Å². The van der Waals surface area contributed by atoms with E-state index in [9.17, 15) is 4.79 Å². The Balaban J connectivity index is 2.44. The Bertz CT molecular complexity index is 523. The van der Waals surface area contributed by atoms with Gasteiger partial charge in [0.25, 0.3) is 0 Å². The zero-order valence-electron chi connectivity index (χ0n) is 8.35. The number of hydrogen-bond acceptors (Lipinski definition) is 2. The van der Waals surface area contributed by atoms with E-state index >= 15 is 0 Å². The van der Waals surface area contributed by atoms with Crippen LogP contribution in [0.2, 0.25) is 0 Å². The van der Waals surface area contributed by atoms with Gasteiger partial charge in [-0.25, -0.2) is 0 Å². The van der Waals surface area contributed by atoms with Gasteiger partial charge in [-0.1, -0.05) is 18.2 Å². The summed E-state index contributed by atoms with van der Waals surface area (Å²) in [5, 5.41) is 8.96. The van der Waals surface area contributed by atoms with Crippen LogP contribution in [0.4, 0.5) is 0 Å². The lowest BCUT2D eigenvalue weighted by atomic mass is 10.1. The quantitative estimate of drug-likeness (QED) is 0.714. The van der Waals surface area contributed by atoms with Crippen molar-refractivity contribution >= 4 is 28.5 Å². The molecule has 2 rings (SSSR count). The second kappa shape index (κ2) is 4.15. The number of fused-ring (bicyclic) bond motifs is 1. The van der Waals surface area contributed by atoms with Crippen molar-refractivity contribution in [2.45, 2.75) is 11.4 Å². The molecule has 16 heavy (non-hydrogen) atoms. The van der Waals surface area contributed by atoms with E-state index < -0.39 is 17.4 Å². The van der Waals surface area contributed by atoms with Gasteiger partial charge in [0.15, 0.2) is 0 Å². The van der Waals surface area contributed by atoms with E-state index in [1.807, 2.05) is 24.3 Å². The number of carbonyl (C=O) groups is 1. The predicted molar refractivity (Wildman–Crippen MR) is 62.5 cm³/mol. The topological polar surface area (TPSA) is 79.1 Å². The van der Waals surface area contributed by atoms with Crippen LogP contribution in [0.1, 0.15) is 10.9 Å². The van der Waals surface area contributed by atoms with Crippen LogP contribution in [0.3, 0.4) is 0 Å². The normalized spacial score (nSPS) is 14.9. The molecule has 0 saturated carbocycles. The van der Waals surface area contributed by atoms with Gasteiger partial charge in [0.2, 0.25) is 0 Å². The zero-order valence-corrected chi connectivity index (χ0v) is 9.11. The highest BCUT2D eigenvalue weighted by atomic mass is 35.5. The molecule has 1 unspecified atom stereocenters. The molecule has 0 aliphatic rings. The molecule has 1 aromatic carbocycles. The number of aliphatic carboxylic acids is 1. The van der Waals surface area contributed by atoms with Crippen LogP contribution in [0.5, 0.6) is 0 Å². The summed E-state index contributed by atoms with van der Waals surface area (Å²) in [4.78, 5) is 13.8. The third kappa shape index (κ3) is 1.77. The number of halogens is 1. The molecule has 84 valence electrons. The van der Waals surface area contributed by atoms with Crippen molar-refractivity contribution in [3.8, 4) is 0 Å². The number of H-pyrrole nitrogens is 1. The molecule has 0 bridgehead atoms. The summed E-state index contributed by atoms with van der Waals surface area (Å²) in [6, 6.07) is 6.43. The van der Waals surface area contributed by atoms with Crippen molar-refractivity contribution < 1.29 is 9.90 Å². The maximum absolute atomic E-state index is 10.8. The second-order valence-electron chi connectivity index (χ2n) is 3.56. The highest BCUT2D eigenvalue weighted by Gasteiger charge is 2.25. The fourth-order valence-corrected chi connectivity index (χ4v) is 1.93. The molecular weight excluding hydrogens is 228 g/mol. The Labute approximate surface area is 97.0 Å². The van der Waals surface area contributed by atoms with Gasteiger partial charge in [-0.05, 0) is 11.6 Å². The number of nitrogens with two attached hydrogens (primary N) is 1. The monoisotopic (exact) mass is 238 g/mol. The summed E-state index contributed by atoms with van der Waals surface area (Å²) >= 11 is 6.05. The molecule has 4 N–H and O–H groups in total. The first-order valence-electron chi connectivity index (χ1n) is 4.79. The van der Waals surface area contributed by atoms with Crippen molar-refractivity contribution in [2.75, 3.05) is 0 Å². The number of carboxylic acids is 1. The molecule has 1 heterocycles. The highest BCUT2D eigenvalue weighted by Crippen LogP contribution is 2.30. The van der Waals surface area contributed by atoms with Gasteiger partial charge in [0.1, 0.15) is 6.04 Å². The van der Waals surface area contributed by atoms with Crippen molar-refractivity contribution in [1.82, 2.24) is 4.98 Å². The molecule has 2 atom stereocenters. The number of aromatic nitrogens is 1. The van der Waals surface area contributed by atoms with Crippen LogP contribution in [-0.4, -0.2) is 22.1 Å². The first-order valence-corrected chi connectivity index (χ1v) is 5.23. The van der Waals surface area contributed by atoms with E-state index in [2.05, 4.69) is 4.98 Å². The van der Waals surface area contributed by atoms with E-state index in [-0.39, 0.29) is 0 Å². The Kier molecular flexibility index (Phi) is 2.85.